The molecule has 0 saturated heterocycles. The molecular formula is C17H25F3IN3O2. The van der Waals surface area contributed by atoms with Crippen LogP contribution in [-0.4, -0.2) is 52.1 Å². The second-order valence-corrected chi connectivity index (χ2v) is 5.74. The van der Waals surface area contributed by atoms with Crippen LogP contribution in [0.1, 0.15) is 17.5 Å². The molecule has 0 amide bonds. The second-order valence-electron chi connectivity index (χ2n) is 5.74. The van der Waals surface area contributed by atoms with E-state index in [9.17, 15) is 13.2 Å². The molecule has 1 aliphatic heterocycles. The predicted octanol–water partition coefficient (Wildman–Crippen LogP) is 2.92. The number of nitrogens with zero attached hydrogens (tertiary/aromatic N) is 1. The zero-order valence-electron chi connectivity index (χ0n) is 14.7. The van der Waals surface area contributed by atoms with E-state index in [1.54, 1.807) is 7.05 Å². The Bertz CT molecular complexity index is 583. The maximum atomic E-state index is 11.9. The van der Waals surface area contributed by atoms with E-state index in [0.717, 1.165) is 25.2 Å². The summed E-state index contributed by atoms with van der Waals surface area (Å²) < 4.78 is 45.8. The lowest BCUT2D eigenvalue weighted by atomic mass is 10.1. The molecule has 1 aliphatic rings. The minimum absolute atomic E-state index is 0. The molecule has 2 rings (SSSR count). The molecule has 0 unspecified atom stereocenters. The highest BCUT2D eigenvalue weighted by atomic mass is 127. The van der Waals surface area contributed by atoms with Gasteiger partial charge in [-0.25, -0.2) is 0 Å². The van der Waals surface area contributed by atoms with Crippen LogP contribution in [0.3, 0.4) is 0 Å². The van der Waals surface area contributed by atoms with Crippen LogP contribution in [0.5, 0.6) is 5.75 Å². The molecule has 5 nitrogen and oxygen atoms in total. The Morgan fingerprint density at radius 3 is 2.77 bits per heavy atom. The van der Waals surface area contributed by atoms with Crippen molar-refractivity contribution in [1.82, 2.24) is 10.6 Å². The first-order valence-corrected chi connectivity index (χ1v) is 8.31. The average Bonchev–Trinajstić information content (AvgIpc) is 3.03. The summed E-state index contributed by atoms with van der Waals surface area (Å²) in [6, 6.07) is 6.23. The Hall–Kier alpha value is -1.23. The highest BCUT2D eigenvalue weighted by Crippen LogP contribution is 2.25. The van der Waals surface area contributed by atoms with Gasteiger partial charge in [-0.3, -0.25) is 4.99 Å². The molecular weight excluding hydrogens is 462 g/mol. The maximum absolute atomic E-state index is 11.9. The Labute approximate surface area is 168 Å². The van der Waals surface area contributed by atoms with E-state index in [-0.39, 0.29) is 30.6 Å². The fraction of sp³-hybridized carbons (Fsp3) is 0.588. The van der Waals surface area contributed by atoms with Crippen molar-refractivity contribution < 1.29 is 22.6 Å². The first-order valence-electron chi connectivity index (χ1n) is 8.31. The lowest BCUT2D eigenvalue weighted by Crippen LogP contribution is -2.39. The zero-order valence-corrected chi connectivity index (χ0v) is 17.0. The largest absolute Gasteiger partial charge is 0.493 e. The molecule has 0 radical (unpaired) electrons. The van der Waals surface area contributed by atoms with Crippen LogP contribution in [0.4, 0.5) is 13.2 Å². The first kappa shape index (κ1) is 22.8. The van der Waals surface area contributed by atoms with Crippen LogP contribution in [0.2, 0.25) is 0 Å². The van der Waals surface area contributed by atoms with Gasteiger partial charge >= 0.3 is 6.18 Å². The summed E-state index contributed by atoms with van der Waals surface area (Å²) >= 11 is 0. The number of benzene rings is 1. The molecule has 0 spiro atoms. The number of hydrogen-bond acceptors (Lipinski definition) is 3. The molecule has 1 aromatic carbocycles. The fourth-order valence-corrected chi connectivity index (χ4v) is 2.51. The van der Waals surface area contributed by atoms with E-state index in [1.807, 2.05) is 6.07 Å². The smallest absolute Gasteiger partial charge is 0.411 e. The number of rotatable bonds is 8. The SMILES string of the molecule is CN=C(NCCCOCC(F)(F)F)NCCc1ccc2c(c1)CCO2.I. The molecule has 0 fully saturated rings. The van der Waals surface area contributed by atoms with E-state index in [1.165, 1.54) is 11.1 Å². The molecule has 0 aliphatic carbocycles. The van der Waals surface area contributed by atoms with Crippen LogP contribution in [-0.2, 0) is 17.6 Å². The minimum Gasteiger partial charge on any atom is -0.493 e. The van der Waals surface area contributed by atoms with Gasteiger partial charge in [-0.15, -0.1) is 24.0 Å². The molecule has 1 aromatic rings. The third-order valence-corrected chi connectivity index (χ3v) is 3.71. The van der Waals surface area contributed by atoms with Crippen LogP contribution in [0.15, 0.2) is 23.2 Å². The maximum Gasteiger partial charge on any atom is 0.411 e. The van der Waals surface area contributed by atoms with Crippen molar-refractivity contribution in [2.24, 2.45) is 4.99 Å². The molecule has 9 heteroatoms. The molecule has 0 atom stereocenters. The number of guanidine groups is 1. The monoisotopic (exact) mass is 487 g/mol. The van der Waals surface area contributed by atoms with Crippen LogP contribution < -0.4 is 15.4 Å². The van der Waals surface area contributed by atoms with Gasteiger partial charge in [-0.1, -0.05) is 12.1 Å². The molecule has 0 saturated carbocycles. The summed E-state index contributed by atoms with van der Waals surface area (Å²) in [6.45, 7) is 0.810. The van der Waals surface area contributed by atoms with Gasteiger partial charge in [0.05, 0.1) is 6.61 Å². The van der Waals surface area contributed by atoms with Gasteiger partial charge in [-0.05, 0) is 30.0 Å². The van der Waals surface area contributed by atoms with E-state index in [4.69, 9.17) is 4.74 Å². The van der Waals surface area contributed by atoms with Gasteiger partial charge in [0.15, 0.2) is 5.96 Å². The van der Waals surface area contributed by atoms with Crippen molar-refractivity contribution in [3.8, 4) is 5.75 Å². The standard InChI is InChI=1S/C17H24F3N3O2.HI/c1-21-16(22-7-2-9-24-12-17(18,19)20)23-8-5-13-3-4-15-14(11-13)6-10-25-15;/h3-4,11H,2,5-10,12H2,1H3,(H2,21,22,23);1H. The summed E-state index contributed by atoms with van der Waals surface area (Å²) in [6.07, 6.45) is -1.99. The molecule has 2 N–H and O–H groups in total. The fourth-order valence-electron chi connectivity index (χ4n) is 2.51. The number of hydrogen-bond donors (Lipinski definition) is 2. The Morgan fingerprint density at radius 1 is 1.27 bits per heavy atom. The van der Waals surface area contributed by atoms with Gasteiger partial charge in [0.25, 0.3) is 0 Å². The summed E-state index contributed by atoms with van der Waals surface area (Å²) in [7, 11) is 1.65. The number of ether oxygens (including phenoxy) is 2. The quantitative estimate of drug-likeness (QED) is 0.257. The first-order chi connectivity index (χ1) is 12.0. The summed E-state index contributed by atoms with van der Waals surface area (Å²) in [5, 5.41) is 6.24. The number of nitrogens with one attached hydrogen (secondary N) is 2. The van der Waals surface area contributed by atoms with Crippen molar-refractivity contribution >= 4 is 29.9 Å². The zero-order chi connectivity index (χ0) is 18.1. The summed E-state index contributed by atoms with van der Waals surface area (Å²) in [5.41, 5.74) is 2.48. The summed E-state index contributed by atoms with van der Waals surface area (Å²) in [5.74, 6) is 1.60. The lowest BCUT2D eigenvalue weighted by molar-refractivity contribution is -0.173. The Kier molecular flexibility index (Phi) is 10.1. The van der Waals surface area contributed by atoms with Crippen LogP contribution in [0, 0.1) is 0 Å². The van der Waals surface area contributed by atoms with Crippen molar-refractivity contribution in [3.05, 3.63) is 29.3 Å². The van der Waals surface area contributed by atoms with Crippen molar-refractivity contribution in [1.29, 1.82) is 0 Å². The van der Waals surface area contributed by atoms with Gasteiger partial charge in [0.1, 0.15) is 12.4 Å². The van der Waals surface area contributed by atoms with Crippen LogP contribution in [0.25, 0.3) is 0 Å². The van der Waals surface area contributed by atoms with E-state index in [2.05, 4.69) is 32.5 Å². The number of aliphatic imine (C=N–C) groups is 1. The summed E-state index contributed by atoms with van der Waals surface area (Å²) in [4.78, 5) is 4.09. The Morgan fingerprint density at radius 2 is 2.04 bits per heavy atom. The van der Waals surface area contributed by atoms with Gasteiger partial charge in [-0.2, -0.15) is 13.2 Å². The van der Waals surface area contributed by atoms with Crippen molar-refractivity contribution in [3.63, 3.8) is 0 Å². The molecule has 1 heterocycles. The normalized spacial score (nSPS) is 13.6. The topological polar surface area (TPSA) is 54.9 Å². The third kappa shape index (κ3) is 8.43. The average molecular weight is 487 g/mol. The van der Waals surface area contributed by atoms with Crippen LogP contribution >= 0.6 is 24.0 Å². The molecule has 26 heavy (non-hydrogen) atoms. The predicted molar refractivity (Wildman–Crippen MR) is 106 cm³/mol. The van der Waals surface area contributed by atoms with E-state index in [0.29, 0.717) is 25.5 Å². The van der Waals surface area contributed by atoms with Crippen molar-refractivity contribution in [2.45, 2.75) is 25.4 Å². The number of halogens is 4. The second kappa shape index (κ2) is 11.5. The van der Waals surface area contributed by atoms with Gasteiger partial charge in [0, 0.05) is 33.2 Å². The van der Waals surface area contributed by atoms with Gasteiger partial charge < -0.3 is 20.1 Å². The highest BCUT2D eigenvalue weighted by molar-refractivity contribution is 14.0. The lowest BCUT2D eigenvalue weighted by Gasteiger charge is -2.12. The van der Waals surface area contributed by atoms with E-state index < -0.39 is 12.8 Å². The number of alkyl halides is 3. The molecule has 148 valence electrons. The van der Waals surface area contributed by atoms with E-state index >= 15 is 0 Å². The molecule has 0 aromatic heterocycles. The van der Waals surface area contributed by atoms with Crippen molar-refractivity contribution in [2.75, 3.05) is 40.0 Å². The van der Waals surface area contributed by atoms with Gasteiger partial charge in [0.2, 0.25) is 0 Å². The minimum atomic E-state index is -4.27. The Balaban J connectivity index is 0.00000338. The third-order valence-electron chi connectivity index (χ3n) is 3.71. The highest BCUT2D eigenvalue weighted by Gasteiger charge is 2.27. The number of fused-ring (bicyclic) bond motifs is 1. The molecule has 0 bridgehead atoms.